The molecule has 1 N–H and O–H groups in total. The molecule has 0 spiro atoms. The monoisotopic (exact) mass is 229 g/mol. The Morgan fingerprint density at radius 1 is 1.36 bits per heavy atom. The van der Waals surface area contributed by atoms with Crippen LogP contribution in [0, 0.1) is 0 Å². The van der Waals surface area contributed by atoms with Crippen LogP contribution in [0.5, 0.6) is 0 Å². The quantitative estimate of drug-likeness (QED) is 0.760. The Morgan fingerprint density at radius 3 is 2.64 bits per heavy atom. The summed E-state index contributed by atoms with van der Waals surface area (Å²) in [6, 6.07) is 5.43. The highest BCUT2D eigenvalue weighted by atomic mass is 35.5. The molecule has 0 saturated carbocycles. The van der Waals surface area contributed by atoms with E-state index in [-0.39, 0.29) is 0 Å². The smallest absolute Gasteiger partial charge is 0.0652 e. The topological polar surface area (TPSA) is 12.0 Å². The maximum absolute atomic E-state index is 5.98. The molecule has 0 heterocycles. The summed E-state index contributed by atoms with van der Waals surface area (Å²) in [6.45, 7) is 4.90. The van der Waals surface area contributed by atoms with Gasteiger partial charge in [-0.15, -0.1) is 0 Å². The molecule has 0 bridgehead atoms. The van der Waals surface area contributed by atoms with Gasteiger partial charge < -0.3 is 5.32 Å². The zero-order valence-corrected chi connectivity index (χ0v) is 9.78. The molecule has 0 aliphatic heterocycles. The van der Waals surface area contributed by atoms with Crippen molar-refractivity contribution in [2.45, 2.75) is 13.8 Å². The van der Waals surface area contributed by atoms with Crippen molar-refractivity contribution in [3.63, 3.8) is 0 Å². The second-order valence-corrected chi connectivity index (χ2v) is 4.13. The molecular formula is C11H13Cl2N. The van der Waals surface area contributed by atoms with E-state index in [0.29, 0.717) is 10.0 Å². The lowest BCUT2D eigenvalue weighted by atomic mass is 10.3. The highest BCUT2D eigenvalue weighted by molar-refractivity contribution is 6.36. The maximum Gasteiger partial charge on any atom is 0.0652 e. The van der Waals surface area contributed by atoms with E-state index in [9.17, 15) is 0 Å². The van der Waals surface area contributed by atoms with E-state index in [4.69, 9.17) is 23.2 Å². The number of allylic oxidation sites excluding steroid dienone is 1. The molecule has 1 aromatic rings. The first-order chi connectivity index (χ1) is 6.59. The molecule has 0 aliphatic rings. The molecule has 3 heteroatoms. The van der Waals surface area contributed by atoms with Gasteiger partial charge in [-0.3, -0.25) is 0 Å². The predicted molar refractivity (Wildman–Crippen MR) is 64.4 cm³/mol. The van der Waals surface area contributed by atoms with Crippen molar-refractivity contribution in [1.82, 2.24) is 0 Å². The van der Waals surface area contributed by atoms with Crippen LogP contribution < -0.4 is 5.32 Å². The fourth-order valence-corrected chi connectivity index (χ4v) is 1.47. The normalized spacial score (nSPS) is 9.71. The fourth-order valence-electron chi connectivity index (χ4n) is 0.998. The minimum atomic E-state index is 0.652. The van der Waals surface area contributed by atoms with Gasteiger partial charge in [0.15, 0.2) is 0 Å². The molecule has 0 unspecified atom stereocenters. The van der Waals surface area contributed by atoms with Crippen LogP contribution in [0.4, 0.5) is 5.69 Å². The molecule has 0 aliphatic carbocycles. The lowest BCUT2D eigenvalue weighted by Crippen LogP contribution is -1.99. The Hall–Kier alpha value is -0.660. The molecule has 0 fully saturated rings. The summed E-state index contributed by atoms with van der Waals surface area (Å²) in [5.41, 5.74) is 2.19. The van der Waals surface area contributed by atoms with E-state index in [1.54, 1.807) is 6.07 Å². The molecule has 0 radical (unpaired) electrons. The number of halogens is 2. The number of anilines is 1. The van der Waals surface area contributed by atoms with Gasteiger partial charge in [0.05, 0.1) is 10.7 Å². The average molecular weight is 230 g/mol. The number of rotatable bonds is 3. The highest BCUT2D eigenvalue weighted by Crippen LogP contribution is 2.25. The Bertz CT molecular complexity index is 341. The second-order valence-electron chi connectivity index (χ2n) is 3.29. The van der Waals surface area contributed by atoms with Gasteiger partial charge in [0.2, 0.25) is 0 Å². The number of hydrogen-bond donors (Lipinski definition) is 1. The predicted octanol–water partition coefficient (Wildman–Crippen LogP) is 4.37. The van der Waals surface area contributed by atoms with Crippen LogP contribution in [-0.2, 0) is 0 Å². The zero-order chi connectivity index (χ0) is 10.6. The van der Waals surface area contributed by atoms with Gasteiger partial charge in [-0.05, 0) is 32.0 Å². The number of benzene rings is 1. The van der Waals surface area contributed by atoms with Gasteiger partial charge in [0.25, 0.3) is 0 Å². The molecular weight excluding hydrogens is 217 g/mol. The SMILES string of the molecule is CC(C)=CCNc1ccc(Cl)cc1Cl. The largest absolute Gasteiger partial charge is 0.380 e. The molecule has 14 heavy (non-hydrogen) atoms. The van der Waals surface area contributed by atoms with Crippen molar-refractivity contribution in [2.75, 3.05) is 11.9 Å². The molecule has 0 atom stereocenters. The highest BCUT2D eigenvalue weighted by Gasteiger charge is 1.98. The van der Waals surface area contributed by atoms with Gasteiger partial charge in [-0.1, -0.05) is 34.9 Å². The molecule has 1 nitrogen and oxygen atoms in total. The van der Waals surface area contributed by atoms with Gasteiger partial charge >= 0.3 is 0 Å². The van der Waals surface area contributed by atoms with Crippen molar-refractivity contribution >= 4 is 28.9 Å². The lowest BCUT2D eigenvalue weighted by Gasteiger charge is -2.06. The summed E-state index contributed by atoms with van der Waals surface area (Å²) in [5, 5.41) is 4.51. The van der Waals surface area contributed by atoms with E-state index in [0.717, 1.165) is 12.2 Å². The Morgan fingerprint density at radius 2 is 2.07 bits per heavy atom. The van der Waals surface area contributed by atoms with Crippen LogP contribution in [0.25, 0.3) is 0 Å². The van der Waals surface area contributed by atoms with Crippen molar-refractivity contribution < 1.29 is 0 Å². The Kier molecular flexibility index (Phi) is 4.30. The summed E-state index contributed by atoms with van der Waals surface area (Å²) in [4.78, 5) is 0. The summed E-state index contributed by atoms with van der Waals surface area (Å²) < 4.78 is 0. The summed E-state index contributed by atoms with van der Waals surface area (Å²) >= 11 is 11.8. The molecule has 1 aromatic carbocycles. The average Bonchev–Trinajstić information content (AvgIpc) is 2.08. The van der Waals surface area contributed by atoms with Crippen molar-refractivity contribution in [3.8, 4) is 0 Å². The third-order valence-electron chi connectivity index (χ3n) is 1.73. The lowest BCUT2D eigenvalue weighted by molar-refractivity contribution is 1.26. The van der Waals surface area contributed by atoms with E-state index in [1.165, 1.54) is 5.57 Å². The van der Waals surface area contributed by atoms with Gasteiger partial charge in [0.1, 0.15) is 0 Å². The number of hydrogen-bond acceptors (Lipinski definition) is 1. The van der Waals surface area contributed by atoms with E-state index in [1.807, 2.05) is 12.1 Å². The van der Waals surface area contributed by atoms with Crippen LogP contribution >= 0.6 is 23.2 Å². The molecule has 1 rings (SSSR count). The van der Waals surface area contributed by atoms with Crippen LogP contribution in [0.2, 0.25) is 10.0 Å². The first-order valence-corrected chi connectivity index (χ1v) is 5.17. The standard InChI is InChI=1S/C11H13Cl2N/c1-8(2)5-6-14-11-4-3-9(12)7-10(11)13/h3-5,7,14H,6H2,1-2H3. The van der Waals surface area contributed by atoms with Gasteiger partial charge in [-0.2, -0.15) is 0 Å². The minimum Gasteiger partial charge on any atom is -0.380 e. The van der Waals surface area contributed by atoms with Crippen molar-refractivity contribution in [3.05, 3.63) is 39.9 Å². The third kappa shape index (κ3) is 3.60. The Balaban J connectivity index is 2.64. The molecule has 0 aromatic heterocycles. The molecule has 76 valence electrons. The fraction of sp³-hybridized carbons (Fsp3) is 0.273. The summed E-state index contributed by atoms with van der Waals surface area (Å²) in [6.07, 6.45) is 2.10. The van der Waals surface area contributed by atoms with E-state index < -0.39 is 0 Å². The van der Waals surface area contributed by atoms with Crippen LogP contribution in [0.3, 0.4) is 0 Å². The maximum atomic E-state index is 5.98. The van der Waals surface area contributed by atoms with E-state index >= 15 is 0 Å². The number of nitrogens with one attached hydrogen (secondary N) is 1. The minimum absolute atomic E-state index is 0.652. The summed E-state index contributed by atoms with van der Waals surface area (Å²) in [7, 11) is 0. The Labute approximate surface area is 94.7 Å². The van der Waals surface area contributed by atoms with E-state index in [2.05, 4.69) is 25.2 Å². The zero-order valence-electron chi connectivity index (χ0n) is 8.27. The first-order valence-electron chi connectivity index (χ1n) is 4.42. The van der Waals surface area contributed by atoms with Gasteiger partial charge in [-0.25, -0.2) is 0 Å². The second kappa shape index (κ2) is 5.28. The van der Waals surface area contributed by atoms with Crippen LogP contribution in [0.1, 0.15) is 13.8 Å². The third-order valence-corrected chi connectivity index (χ3v) is 2.28. The summed E-state index contributed by atoms with van der Waals surface area (Å²) in [5.74, 6) is 0. The molecule has 0 saturated heterocycles. The van der Waals surface area contributed by atoms with Gasteiger partial charge in [0, 0.05) is 11.6 Å². The van der Waals surface area contributed by atoms with Crippen LogP contribution in [-0.4, -0.2) is 6.54 Å². The first kappa shape index (κ1) is 11.4. The van der Waals surface area contributed by atoms with Crippen molar-refractivity contribution in [2.24, 2.45) is 0 Å². The van der Waals surface area contributed by atoms with Crippen LogP contribution in [0.15, 0.2) is 29.8 Å². The van der Waals surface area contributed by atoms with Crippen molar-refractivity contribution in [1.29, 1.82) is 0 Å². The molecule has 0 amide bonds.